The number of aliphatic imine (C=N–C) groups is 1. The number of guanidine groups is 1. The van der Waals surface area contributed by atoms with Crippen molar-refractivity contribution in [2.75, 3.05) is 46.3 Å². The maximum atomic E-state index is 11.9. The lowest BCUT2D eigenvalue weighted by atomic mass is 10.1. The van der Waals surface area contributed by atoms with E-state index >= 15 is 0 Å². The van der Waals surface area contributed by atoms with Crippen molar-refractivity contribution in [2.45, 2.75) is 33.2 Å². The second-order valence-corrected chi connectivity index (χ2v) is 7.19. The predicted octanol–water partition coefficient (Wildman–Crippen LogP) is 1.87. The lowest BCUT2D eigenvalue weighted by Crippen LogP contribution is -2.54. The molecule has 7 heteroatoms. The van der Waals surface area contributed by atoms with Crippen molar-refractivity contribution in [3.63, 3.8) is 0 Å². The molecule has 1 aliphatic heterocycles. The van der Waals surface area contributed by atoms with E-state index in [1.807, 2.05) is 20.9 Å². The molecule has 0 spiro atoms. The van der Waals surface area contributed by atoms with Crippen LogP contribution in [0.25, 0.3) is 0 Å². The summed E-state index contributed by atoms with van der Waals surface area (Å²) in [4.78, 5) is 20.8. The van der Waals surface area contributed by atoms with E-state index in [2.05, 4.69) is 56.6 Å². The third-order valence-corrected chi connectivity index (χ3v) is 4.52. The van der Waals surface area contributed by atoms with Gasteiger partial charge in [0, 0.05) is 45.8 Å². The molecule has 1 aliphatic rings. The molecule has 27 heavy (non-hydrogen) atoms. The highest BCUT2D eigenvalue weighted by molar-refractivity contribution is 14.0. The van der Waals surface area contributed by atoms with E-state index in [1.54, 1.807) is 0 Å². The van der Waals surface area contributed by atoms with E-state index in [0.717, 1.165) is 45.1 Å². The number of aryl methyl sites for hydroxylation is 1. The van der Waals surface area contributed by atoms with E-state index in [1.165, 1.54) is 11.1 Å². The number of piperazine rings is 1. The minimum atomic E-state index is 0. The van der Waals surface area contributed by atoms with Crippen molar-refractivity contribution in [3.05, 3.63) is 35.4 Å². The average Bonchev–Trinajstić information content (AvgIpc) is 2.60. The number of hydrogen-bond acceptors (Lipinski definition) is 3. The minimum Gasteiger partial charge on any atom is -0.356 e. The Kier molecular flexibility index (Phi) is 10.7. The summed E-state index contributed by atoms with van der Waals surface area (Å²) in [5, 5.41) is 6.41. The quantitative estimate of drug-likeness (QED) is 0.366. The van der Waals surface area contributed by atoms with Crippen LogP contribution in [0.15, 0.2) is 29.3 Å². The van der Waals surface area contributed by atoms with Crippen molar-refractivity contribution in [1.82, 2.24) is 20.4 Å². The molecule has 1 aromatic rings. The Hall–Kier alpha value is -1.35. The molecule has 0 saturated carbocycles. The zero-order valence-corrected chi connectivity index (χ0v) is 19.3. The fraction of sp³-hybridized carbons (Fsp3) is 0.600. The van der Waals surface area contributed by atoms with Crippen LogP contribution in [0, 0.1) is 6.92 Å². The number of halogens is 1. The van der Waals surface area contributed by atoms with E-state index < -0.39 is 0 Å². The van der Waals surface area contributed by atoms with Gasteiger partial charge in [0.05, 0.1) is 6.54 Å². The van der Waals surface area contributed by atoms with Crippen LogP contribution < -0.4 is 10.6 Å². The molecule has 0 aromatic heterocycles. The monoisotopic (exact) mass is 487 g/mol. The summed E-state index contributed by atoms with van der Waals surface area (Å²) in [5.41, 5.74) is 2.62. The normalized spacial score (nSPS) is 15.4. The highest BCUT2D eigenvalue weighted by Crippen LogP contribution is 2.05. The lowest BCUT2D eigenvalue weighted by Gasteiger charge is -2.36. The molecule has 0 radical (unpaired) electrons. The zero-order chi connectivity index (χ0) is 18.9. The molecule has 1 saturated heterocycles. The Labute approximate surface area is 180 Å². The fourth-order valence-corrected chi connectivity index (χ4v) is 3.09. The average molecular weight is 487 g/mol. The molecule has 1 aromatic carbocycles. The Morgan fingerprint density at radius 3 is 2.33 bits per heavy atom. The van der Waals surface area contributed by atoms with Crippen molar-refractivity contribution in [2.24, 2.45) is 4.99 Å². The summed E-state index contributed by atoms with van der Waals surface area (Å²) in [6.45, 7) is 11.0. The van der Waals surface area contributed by atoms with Gasteiger partial charge in [-0.3, -0.25) is 14.7 Å². The standard InChI is InChI=1S/C20H33N5O.HI/c1-16(2)23-19(26)15-24-11-13-25(14-12-24)20(21-4)22-10-9-18-7-5-17(3)6-8-18;/h5-8,16H,9-15H2,1-4H3,(H,21,22)(H,23,26);1H. The summed E-state index contributed by atoms with van der Waals surface area (Å²) in [6, 6.07) is 8.86. The van der Waals surface area contributed by atoms with Crippen LogP contribution in [0.5, 0.6) is 0 Å². The Morgan fingerprint density at radius 1 is 1.15 bits per heavy atom. The molecule has 1 amide bonds. The fourth-order valence-electron chi connectivity index (χ4n) is 3.09. The van der Waals surface area contributed by atoms with Crippen LogP contribution in [0.2, 0.25) is 0 Å². The summed E-state index contributed by atoms with van der Waals surface area (Å²) >= 11 is 0. The second-order valence-electron chi connectivity index (χ2n) is 7.19. The Balaban J connectivity index is 0.00000364. The molecule has 6 nitrogen and oxygen atoms in total. The molecular formula is C20H34IN5O. The van der Waals surface area contributed by atoms with Crippen LogP contribution in [-0.4, -0.2) is 74.0 Å². The van der Waals surface area contributed by atoms with Crippen molar-refractivity contribution >= 4 is 35.8 Å². The first-order valence-corrected chi connectivity index (χ1v) is 9.51. The van der Waals surface area contributed by atoms with Gasteiger partial charge in [0.1, 0.15) is 0 Å². The summed E-state index contributed by atoms with van der Waals surface area (Å²) in [7, 11) is 1.83. The van der Waals surface area contributed by atoms with Gasteiger partial charge in [0.15, 0.2) is 5.96 Å². The van der Waals surface area contributed by atoms with Gasteiger partial charge < -0.3 is 15.5 Å². The molecule has 0 atom stereocenters. The van der Waals surface area contributed by atoms with E-state index in [9.17, 15) is 4.79 Å². The second kappa shape index (κ2) is 12.2. The largest absolute Gasteiger partial charge is 0.356 e. The predicted molar refractivity (Wildman–Crippen MR) is 123 cm³/mol. The third-order valence-electron chi connectivity index (χ3n) is 4.52. The number of rotatable bonds is 6. The molecule has 0 bridgehead atoms. The number of benzene rings is 1. The third kappa shape index (κ3) is 8.47. The molecule has 152 valence electrons. The van der Waals surface area contributed by atoms with Crippen molar-refractivity contribution in [3.8, 4) is 0 Å². The number of nitrogens with one attached hydrogen (secondary N) is 2. The molecule has 2 N–H and O–H groups in total. The number of carbonyl (C=O) groups is 1. The molecule has 1 fully saturated rings. The van der Waals surface area contributed by atoms with Crippen LogP contribution in [0.1, 0.15) is 25.0 Å². The number of hydrogen-bond donors (Lipinski definition) is 2. The van der Waals surface area contributed by atoms with Crippen LogP contribution >= 0.6 is 24.0 Å². The zero-order valence-electron chi connectivity index (χ0n) is 17.0. The van der Waals surface area contributed by atoms with Crippen molar-refractivity contribution < 1.29 is 4.79 Å². The highest BCUT2D eigenvalue weighted by Gasteiger charge is 2.21. The maximum absolute atomic E-state index is 11.9. The molecule has 0 aliphatic carbocycles. The van der Waals surface area contributed by atoms with Gasteiger partial charge in [0.25, 0.3) is 0 Å². The first kappa shape index (κ1) is 23.7. The number of carbonyl (C=O) groups excluding carboxylic acids is 1. The highest BCUT2D eigenvalue weighted by atomic mass is 127. The smallest absolute Gasteiger partial charge is 0.234 e. The summed E-state index contributed by atoms with van der Waals surface area (Å²) in [6.07, 6.45) is 0.981. The van der Waals surface area contributed by atoms with Gasteiger partial charge in [0.2, 0.25) is 5.91 Å². The number of amides is 1. The molecule has 0 unspecified atom stereocenters. The minimum absolute atomic E-state index is 0. The van der Waals surface area contributed by atoms with Gasteiger partial charge in [-0.15, -0.1) is 24.0 Å². The number of nitrogens with zero attached hydrogens (tertiary/aromatic N) is 3. The van der Waals surface area contributed by atoms with Gasteiger partial charge >= 0.3 is 0 Å². The van der Waals surface area contributed by atoms with E-state index in [4.69, 9.17) is 0 Å². The van der Waals surface area contributed by atoms with Crippen LogP contribution in [-0.2, 0) is 11.2 Å². The first-order valence-electron chi connectivity index (χ1n) is 9.51. The Bertz CT molecular complexity index is 595. The van der Waals surface area contributed by atoms with Crippen LogP contribution in [0.4, 0.5) is 0 Å². The Morgan fingerprint density at radius 2 is 1.78 bits per heavy atom. The van der Waals surface area contributed by atoms with Crippen molar-refractivity contribution in [1.29, 1.82) is 0 Å². The lowest BCUT2D eigenvalue weighted by molar-refractivity contribution is -0.123. The van der Waals surface area contributed by atoms with Gasteiger partial charge in [-0.25, -0.2) is 0 Å². The molecule has 2 rings (SSSR count). The van der Waals surface area contributed by atoms with Crippen LogP contribution in [0.3, 0.4) is 0 Å². The SMILES string of the molecule is CN=C(NCCc1ccc(C)cc1)N1CCN(CC(=O)NC(C)C)CC1.I. The summed E-state index contributed by atoms with van der Waals surface area (Å²) in [5.74, 6) is 1.05. The maximum Gasteiger partial charge on any atom is 0.234 e. The first-order chi connectivity index (χ1) is 12.5. The van der Waals surface area contributed by atoms with E-state index in [-0.39, 0.29) is 35.9 Å². The van der Waals surface area contributed by atoms with Gasteiger partial charge in [-0.1, -0.05) is 29.8 Å². The molecular weight excluding hydrogens is 453 g/mol. The van der Waals surface area contributed by atoms with Gasteiger partial charge in [-0.2, -0.15) is 0 Å². The summed E-state index contributed by atoms with van der Waals surface area (Å²) < 4.78 is 0. The molecule has 1 heterocycles. The van der Waals surface area contributed by atoms with E-state index in [0.29, 0.717) is 6.54 Å². The topological polar surface area (TPSA) is 60.0 Å². The van der Waals surface area contributed by atoms with Gasteiger partial charge in [-0.05, 0) is 32.8 Å².